The van der Waals surface area contributed by atoms with E-state index in [4.69, 9.17) is 5.73 Å². The number of nitrogens with zero attached hydrogens (tertiary/aromatic N) is 5. The zero-order chi connectivity index (χ0) is 24.8. The van der Waals surface area contributed by atoms with E-state index in [-0.39, 0.29) is 22.9 Å². The molecule has 0 atom stereocenters. The fourth-order valence-electron chi connectivity index (χ4n) is 6.16. The minimum Gasteiger partial charge on any atom is -0.388 e. The van der Waals surface area contributed by atoms with Crippen molar-refractivity contribution >= 4 is 17.6 Å². The Morgan fingerprint density at radius 2 is 1.69 bits per heavy atom. The number of rotatable bonds is 6. The molecule has 1 aliphatic heterocycles. The van der Waals surface area contributed by atoms with Crippen LogP contribution in [0.1, 0.15) is 61.1 Å². The van der Waals surface area contributed by atoms with Gasteiger partial charge < -0.3 is 15.7 Å². The van der Waals surface area contributed by atoms with E-state index in [1.54, 1.807) is 4.90 Å². The van der Waals surface area contributed by atoms with Crippen molar-refractivity contribution in [2.75, 3.05) is 32.1 Å². The molecule has 9 heteroatoms. The van der Waals surface area contributed by atoms with E-state index in [0.717, 1.165) is 44.9 Å². The Labute approximate surface area is 205 Å². The van der Waals surface area contributed by atoms with Crippen molar-refractivity contribution in [2.24, 2.45) is 5.73 Å². The van der Waals surface area contributed by atoms with Crippen molar-refractivity contribution in [3.63, 3.8) is 0 Å². The molecule has 0 unspecified atom stereocenters. The molecule has 2 saturated carbocycles. The quantitative estimate of drug-likeness (QED) is 0.659. The standard InChI is InChI=1S/C26H34N6O3/c1-30(2)26(19-7-4-3-5-8-19)13-11-24(12-14-26)17-31(20-15-28-22(21(27)33)29-16-20)23(34)32(24)18-25(35)9-6-10-25/h3-5,7-8,15-16,35H,6,9-14,17-18H2,1-2H3,(H2,27,33)/t24-,26+. The van der Waals surface area contributed by atoms with Gasteiger partial charge in [0.15, 0.2) is 0 Å². The van der Waals surface area contributed by atoms with Gasteiger partial charge in [0, 0.05) is 5.54 Å². The van der Waals surface area contributed by atoms with Crippen molar-refractivity contribution in [2.45, 2.75) is 61.6 Å². The van der Waals surface area contributed by atoms with Crippen LogP contribution >= 0.6 is 0 Å². The molecule has 3 N–H and O–H groups in total. The van der Waals surface area contributed by atoms with Gasteiger partial charge >= 0.3 is 6.03 Å². The van der Waals surface area contributed by atoms with Crippen molar-refractivity contribution in [1.29, 1.82) is 0 Å². The van der Waals surface area contributed by atoms with Crippen LogP contribution in [0.15, 0.2) is 42.7 Å². The van der Waals surface area contributed by atoms with Gasteiger partial charge in [0.25, 0.3) is 5.91 Å². The minimum absolute atomic E-state index is 0.0768. The lowest BCUT2D eigenvalue weighted by atomic mass is 9.67. The summed E-state index contributed by atoms with van der Waals surface area (Å²) < 4.78 is 0. The number of nitrogens with two attached hydrogens (primary N) is 1. The third-order valence-electron chi connectivity index (χ3n) is 8.57. The molecule has 5 rings (SSSR count). The highest BCUT2D eigenvalue weighted by atomic mass is 16.3. The SMILES string of the molecule is CN(C)[C@]1(c2ccccc2)CC[C@]2(CC1)CN(c1cnc(C(N)=O)nc1)C(=O)N2CC1(O)CCC1. The van der Waals surface area contributed by atoms with E-state index in [1.807, 2.05) is 11.0 Å². The maximum absolute atomic E-state index is 13.8. The first kappa shape index (κ1) is 23.7. The smallest absolute Gasteiger partial charge is 0.325 e. The fraction of sp³-hybridized carbons (Fsp3) is 0.538. The van der Waals surface area contributed by atoms with Gasteiger partial charge in [0.05, 0.1) is 42.3 Å². The lowest BCUT2D eigenvalue weighted by Gasteiger charge is -2.52. The number of hydrogen-bond donors (Lipinski definition) is 2. The van der Waals surface area contributed by atoms with E-state index in [9.17, 15) is 14.7 Å². The Balaban J connectivity index is 1.46. The zero-order valence-electron chi connectivity index (χ0n) is 20.5. The summed E-state index contributed by atoms with van der Waals surface area (Å²) in [6.07, 6.45) is 8.82. The van der Waals surface area contributed by atoms with Gasteiger partial charge in [-0.3, -0.25) is 14.6 Å². The molecule has 1 saturated heterocycles. The molecule has 3 amide bonds. The summed E-state index contributed by atoms with van der Waals surface area (Å²) in [5.41, 5.74) is 5.80. The summed E-state index contributed by atoms with van der Waals surface area (Å²) in [4.78, 5) is 39.2. The predicted molar refractivity (Wildman–Crippen MR) is 132 cm³/mol. The summed E-state index contributed by atoms with van der Waals surface area (Å²) in [6, 6.07) is 10.4. The maximum Gasteiger partial charge on any atom is 0.325 e. The van der Waals surface area contributed by atoms with Crippen LogP contribution in [0.3, 0.4) is 0 Å². The van der Waals surface area contributed by atoms with E-state index in [0.29, 0.717) is 18.8 Å². The topological polar surface area (TPSA) is 116 Å². The van der Waals surface area contributed by atoms with Gasteiger partial charge in [-0.2, -0.15) is 0 Å². The predicted octanol–water partition coefficient (Wildman–Crippen LogP) is 2.50. The molecule has 1 spiro atoms. The second-order valence-electron chi connectivity index (χ2n) is 10.7. The molecular weight excluding hydrogens is 444 g/mol. The summed E-state index contributed by atoms with van der Waals surface area (Å²) in [5.74, 6) is -0.783. The molecule has 1 aromatic heterocycles. The molecule has 0 radical (unpaired) electrons. The Morgan fingerprint density at radius 3 is 2.20 bits per heavy atom. The summed E-state index contributed by atoms with van der Waals surface area (Å²) in [6.45, 7) is 0.836. The molecule has 9 nitrogen and oxygen atoms in total. The second-order valence-corrected chi connectivity index (χ2v) is 10.7. The summed E-state index contributed by atoms with van der Waals surface area (Å²) in [7, 11) is 4.26. The molecule has 0 bridgehead atoms. The van der Waals surface area contributed by atoms with E-state index >= 15 is 0 Å². The van der Waals surface area contributed by atoms with Gasteiger partial charge in [0.1, 0.15) is 0 Å². The Kier molecular flexibility index (Phi) is 5.80. The Bertz CT molecular complexity index is 1090. The van der Waals surface area contributed by atoms with Crippen LogP contribution < -0.4 is 10.6 Å². The first-order valence-electron chi connectivity index (χ1n) is 12.3. The van der Waals surface area contributed by atoms with Crippen molar-refractivity contribution in [1.82, 2.24) is 19.8 Å². The first-order chi connectivity index (χ1) is 16.7. The fourth-order valence-corrected chi connectivity index (χ4v) is 6.16. The van der Waals surface area contributed by atoms with Crippen LogP contribution in [-0.4, -0.2) is 75.1 Å². The van der Waals surface area contributed by atoms with Crippen LogP contribution in [0.5, 0.6) is 0 Å². The number of primary amides is 1. The largest absolute Gasteiger partial charge is 0.388 e. The van der Waals surface area contributed by atoms with Crippen LogP contribution in [-0.2, 0) is 5.54 Å². The molecule has 186 valence electrons. The first-order valence-corrected chi connectivity index (χ1v) is 12.3. The summed E-state index contributed by atoms with van der Waals surface area (Å²) >= 11 is 0. The highest BCUT2D eigenvalue weighted by Crippen LogP contribution is 2.50. The average Bonchev–Trinajstić information content (AvgIpc) is 3.10. The molecule has 35 heavy (non-hydrogen) atoms. The van der Waals surface area contributed by atoms with E-state index in [2.05, 4.69) is 53.2 Å². The van der Waals surface area contributed by atoms with Crippen molar-refractivity contribution in [3.05, 3.63) is 54.1 Å². The number of amides is 3. The average molecular weight is 479 g/mol. The van der Waals surface area contributed by atoms with Crippen LogP contribution in [0.4, 0.5) is 10.5 Å². The molecule has 3 fully saturated rings. The van der Waals surface area contributed by atoms with Crippen LogP contribution in [0, 0.1) is 0 Å². The van der Waals surface area contributed by atoms with Crippen molar-refractivity contribution < 1.29 is 14.7 Å². The number of carbonyl (C=O) groups excluding carboxylic acids is 2. The van der Waals surface area contributed by atoms with Gasteiger partial charge in [-0.05, 0) is 64.6 Å². The number of carbonyl (C=O) groups is 2. The molecule has 3 aliphatic rings. The molecule has 1 aromatic carbocycles. The van der Waals surface area contributed by atoms with E-state index < -0.39 is 11.5 Å². The van der Waals surface area contributed by atoms with Crippen LogP contribution in [0.25, 0.3) is 0 Å². The minimum atomic E-state index is -0.819. The number of benzene rings is 1. The normalized spacial score (nSPS) is 27.9. The zero-order valence-corrected chi connectivity index (χ0v) is 20.5. The third kappa shape index (κ3) is 3.96. The number of hydrogen-bond acceptors (Lipinski definition) is 6. The lowest BCUT2D eigenvalue weighted by Crippen LogP contribution is -2.59. The number of anilines is 1. The molecule has 2 heterocycles. The van der Waals surface area contributed by atoms with Crippen molar-refractivity contribution in [3.8, 4) is 0 Å². The highest BCUT2D eigenvalue weighted by molar-refractivity contribution is 5.95. The van der Waals surface area contributed by atoms with Gasteiger partial charge in [0.2, 0.25) is 5.82 Å². The van der Waals surface area contributed by atoms with Gasteiger partial charge in [-0.1, -0.05) is 30.3 Å². The van der Waals surface area contributed by atoms with Gasteiger partial charge in [-0.15, -0.1) is 0 Å². The monoisotopic (exact) mass is 478 g/mol. The number of urea groups is 1. The molecule has 2 aliphatic carbocycles. The molecule has 2 aromatic rings. The Morgan fingerprint density at radius 1 is 1.06 bits per heavy atom. The van der Waals surface area contributed by atoms with Gasteiger partial charge in [-0.25, -0.2) is 14.8 Å². The van der Waals surface area contributed by atoms with E-state index in [1.165, 1.54) is 18.0 Å². The third-order valence-corrected chi connectivity index (χ3v) is 8.57. The summed E-state index contributed by atoms with van der Waals surface area (Å²) in [5, 5.41) is 11.0. The maximum atomic E-state index is 13.8. The lowest BCUT2D eigenvalue weighted by molar-refractivity contribution is -0.0725. The highest BCUT2D eigenvalue weighted by Gasteiger charge is 2.56. The number of aromatic nitrogens is 2. The second kappa shape index (κ2) is 8.57. The number of β-amino-alcohol motifs (C(OH)–C–C–N with tert-alkyl or cyclic N) is 1. The number of aliphatic hydroxyl groups is 1. The van der Waals surface area contributed by atoms with Crippen LogP contribution in [0.2, 0.25) is 0 Å². The molecular formula is C26H34N6O3. The Hall–Kier alpha value is -3.04.